The number of esters is 1. The molecule has 0 radical (unpaired) electrons. The number of para-hydroxylation sites is 1. The highest BCUT2D eigenvalue weighted by molar-refractivity contribution is 6.07. The van der Waals surface area contributed by atoms with E-state index in [9.17, 15) is 28.9 Å². The quantitative estimate of drug-likeness (QED) is 0.199. The molecule has 2 N–H and O–H groups in total. The van der Waals surface area contributed by atoms with Crippen LogP contribution in [-0.2, 0) is 16.0 Å². The molecule has 0 spiro atoms. The third-order valence-electron chi connectivity index (χ3n) is 6.56. The van der Waals surface area contributed by atoms with Gasteiger partial charge in [0.2, 0.25) is 0 Å². The summed E-state index contributed by atoms with van der Waals surface area (Å²) in [6.07, 6.45) is 3.72. The summed E-state index contributed by atoms with van der Waals surface area (Å²) in [7, 11) is 0. The lowest BCUT2D eigenvalue weighted by atomic mass is 9.86. The lowest BCUT2D eigenvalue weighted by Crippen LogP contribution is -2.43. The lowest BCUT2D eigenvalue weighted by molar-refractivity contribution is -0.384. The third-order valence-corrected chi connectivity index (χ3v) is 6.56. The summed E-state index contributed by atoms with van der Waals surface area (Å²) < 4.78 is 19.1. The normalized spacial score (nSPS) is 13.3. The smallest absolute Gasteiger partial charge is 0.339 e. The van der Waals surface area contributed by atoms with Crippen molar-refractivity contribution in [3.8, 4) is 0 Å². The number of rotatable bonds is 6. The number of allylic oxidation sites excluding steroid dienone is 1. The predicted octanol–water partition coefficient (Wildman–Crippen LogP) is 4.78. The summed E-state index contributed by atoms with van der Waals surface area (Å²) in [5, 5.41) is 11.8. The molecule has 41 heavy (non-hydrogen) atoms. The number of hydrogen-bond acceptors (Lipinski definition) is 7. The van der Waals surface area contributed by atoms with Gasteiger partial charge in [0.1, 0.15) is 5.82 Å². The van der Waals surface area contributed by atoms with Crippen LogP contribution < -0.4 is 10.9 Å². The monoisotopic (exact) mass is 554 g/mol. The number of fused-ring (bicyclic) bond motifs is 2. The zero-order valence-electron chi connectivity index (χ0n) is 21.6. The number of halogens is 1. The van der Waals surface area contributed by atoms with Crippen molar-refractivity contribution in [2.75, 3.05) is 6.61 Å². The summed E-state index contributed by atoms with van der Waals surface area (Å²) in [4.78, 5) is 53.4. The van der Waals surface area contributed by atoms with Crippen LogP contribution in [0, 0.1) is 15.9 Å². The minimum absolute atomic E-state index is 0.0329. The average Bonchev–Trinajstić information content (AvgIpc) is 2.98. The van der Waals surface area contributed by atoms with Crippen LogP contribution in [0.1, 0.15) is 50.4 Å². The van der Waals surface area contributed by atoms with E-state index in [1.165, 1.54) is 30.3 Å². The largest absolute Gasteiger partial charge is 0.452 e. The number of nitro benzene ring substituents is 1. The van der Waals surface area contributed by atoms with E-state index in [4.69, 9.17) is 9.72 Å². The van der Waals surface area contributed by atoms with E-state index in [2.05, 4.69) is 10.9 Å². The number of nitrogens with zero attached hydrogens (tertiary/aromatic N) is 2. The fourth-order valence-corrected chi connectivity index (χ4v) is 4.72. The van der Waals surface area contributed by atoms with Crippen molar-refractivity contribution in [3.63, 3.8) is 0 Å². The zero-order chi connectivity index (χ0) is 28.9. The Balaban J connectivity index is 1.38. The number of non-ortho nitro benzene ring substituents is 1. The van der Waals surface area contributed by atoms with Gasteiger partial charge in [0.05, 0.1) is 27.3 Å². The molecule has 10 nitrogen and oxygen atoms in total. The second-order valence-corrected chi connectivity index (χ2v) is 9.26. The molecule has 1 aromatic heterocycles. The first-order valence-electron chi connectivity index (χ1n) is 12.7. The fourth-order valence-electron chi connectivity index (χ4n) is 4.72. The number of carbonyl (C=O) groups is 3. The van der Waals surface area contributed by atoms with Gasteiger partial charge in [-0.1, -0.05) is 42.5 Å². The number of aromatic nitrogens is 1. The molecule has 0 unspecified atom stereocenters. The number of amides is 2. The Morgan fingerprint density at radius 3 is 2.59 bits per heavy atom. The molecule has 11 heteroatoms. The van der Waals surface area contributed by atoms with E-state index in [0.717, 1.165) is 11.6 Å². The Morgan fingerprint density at radius 1 is 1.00 bits per heavy atom. The van der Waals surface area contributed by atoms with E-state index in [1.807, 2.05) is 6.08 Å². The molecule has 206 valence electrons. The molecule has 1 heterocycles. The highest BCUT2D eigenvalue weighted by Crippen LogP contribution is 2.36. The van der Waals surface area contributed by atoms with E-state index in [1.54, 1.807) is 36.4 Å². The van der Waals surface area contributed by atoms with E-state index < -0.39 is 35.1 Å². The van der Waals surface area contributed by atoms with Crippen LogP contribution in [0.3, 0.4) is 0 Å². The van der Waals surface area contributed by atoms with E-state index in [0.29, 0.717) is 47.0 Å². The molecule has 0 saturated heterocycles. The number of carbonyl (C=O) groups excluding carboxylic acids is 3. The van der Waals surface area contributed by atoms with Gasteiger partial charge in [-0.25, -0.2) is 14.2 Å². The Labute approximate surface area is 233 Å². The van der Waals surface area contributed by atoms with Gasteiger partial charge in [-0.2, -0.15) is 0 Å². The molecule has 0 bridgehead atoms. The summed E-state index contributed by atoms with van der Waals surface area (Å²) >= 11 is 0. The number of benzene rings is 3. The molecule has 3 aromatic carbocycles. The first kappa shape index (κ1) is 27.1. The van der Waals surface area contributed by atoms with Crippen molar-refractivity contribution in [1.29, 1.82) is 0 Å². The Hall–Kier alpha value is -5.45. The van der Waals surface area contributed by atoms with Crippen LogP contribution in [-0.4, -0.2) is 34.3 Å². The van der Waals surface area contributed by atoms with Gasteiger partial charge in [-0.15, -0.1) is 0 Å². The Kier molecular flexibility index (Phi) is 7.77. The summed E-state index contributed by atoms with van der Waals surface area (Å²) in [6, 6.07) is 18.6. The average molecular weight is 555 g/mol. The van der Waals surface area contributed by atoms with Crippen LogP contribution in [0.15, 0.2) is 72.8 Å². The Morgan fingerprint density at radius 2 is 1.78 bits per heavy atom. The minimum Gasteiger partial charge on any atom is -0.452 e. The molecule has 1 aliphatic rings. The van der Waals surface area contributed by atoms with Gasteiger partial charge in [0, 0.05) is 17.5 Å². The van der Waals surface area contributed by atoms with Crippen LogP contribution in [0.5, 0.6) is 0 Å². The van der Waals surface area contributed by atoms with Crippen molar-refractivity contribution in [1.82, 2.24) is 15.8 Å². The number of nitro groups is 1. The van der Waals surface area contributed by atoms with Crippen molar-refractivity contribution >= 4 is 46.0 Å². The number of hydrogen-bond donors (Lipinski definition) is 2. The van der Waals surface area contributed by atoms with E-state index in [-0.39, 0.29) is 16.8 Å². The van der Waals surface area contributed by atoms with Gasteiger partial charge in [0.15, 0.2) is 6.61 Å². The van der Waals surface area contributed by atoms with Crippen LogP contribution in [0.25, 0.3) is 22.6 Å². The lowest BCUT2D eigenvalue weighted by Gasteiger charge is -2.22. The number of ether oxygens (including phenoxy) is 1. The molecule has 0 fully saturated rings. The highest BCUT2D eigenvalue weighted by atomic mass is 19.1. The van der Waals surface area contributed by atoms with Gasteiger partial charge in [-0.3, -0.25) is 30.6 Å². The van der Waals surface area contributed by atoms with Gasteiger partial charge >= 0.3 is 5.97 Å². The first-order valence-corrected chi connectivity index (χ1v) is 12.7. The summed E-state index contributed by atoms with van der Waals surface area (Å²) in [6.45, 7) is -0.696. The molecule has 4 aromatic rings. The van der Waals surface area contributed by atoms with Crippen LogP contribution in [0.2, 0.25) is 0 Å². The van der Waals surface area contributed by atoms with Crippen LogP contribution >= 0.6 is 0 Å². The van der Waals surface area contributed by atoms with Crippen molar-refractivity contribution < 1.29 is 28.4 Å². The second-order valence-electron chi connectivity index (χ2n) is 9.26. The maximum Gasteiger partial charge on any atom is 0.339 e. The van der Waals surface area contributed by atoms with Crippen LogP contribution in [0.4, 0.5) is 10.1 Å². The fraction of sp³-hybridized carbons (Fsp3) is 0.133. The van der Waals surface area contributed by atoms with Gasteiger partial charge < -0.3 is 4.74 Å². The molecule has 0 aliphatic heterocycles. The maximum atomic E-state index is 13.8. The number of hydrazine groups is 1. The Bertz CT molecular complexity index is 1740. The molecule has 1 aliphatic carbocycles. The molecule has 2 amide bonds. The second kappa shape index (κ2) is 11.7. The first-order chi connectivity index (χ1) is 19.8. The molecule has 5 rings (SSSR count). The maximum absolute atomic E-state index is 13.8. The third kappa shape index (κ3) is 5.93. The van der Waals surface area contributed by atoms with E-state index >= 15 is 0 Å². The van der Waals surface area contributed by atoms with Crippen molar-refractivity contribution in [2.45, 2.75) is 19.3 Å². The number of nitrogens with one attached hydrogen (secondary N) is 2. The van der Waals surface area contributed by atoms with Gasteiger partial charge in [-0.05, 0) is 60.2 Å². The summed E-state index contributed by atoms with van der Waals surface area (Å²) in [5.74, 6) is -3.17. The topological polar surface area (TPSA) is 141 Å². The SMILES string of the molecule is O=C(COC(=O)c1c2c(nc3ccccc13)/C(=C\c1cccc([N+](=O)[O-])c1)CCC2)NNC(=O)c1ccccc1F. The highest BCUT2D eigenvalue weighted by Gasteiger charge is 2.26. The van der Waals surface area contributed by atoms with Crippen molar-refractivity contribution in [2.24, 2.45) is 0 Å². The minimum atomic E-state index is -0.861. The molecular formula is C30H23FN4O6. The predicted molar refractivity (Wildman–Crippen MR) is 148 cm³/mol. The summed E-state index contributed by atoms with van der Waals surface area (Å²) in [5.41, 5.74) is 7.44. The molecular weight excluding hydrogens is 531 g/mol. The van der Waals surface area contributed by atoms with Gasteiger partial charge in [0.25, 0.3) is 17.5 Å². The molecule has 0 atom stereocenters. The number of pyridine rings is 1. The van der Waals surface area contributed by atoms with Crippen molar-refractivity contribution in [3.05, 3.63) is 117 Å². The molecule has 0 saturated carbocycles. The standard InChI is InChI=1S/C30H23FN4O6/c31-24-13-3-1-10-21(24)29(37)34-33-26(36)17-41-30(38)27-22-11-2-4-14-25(22)32-28-19(8-6-12-23(27)28)15-18-7-5-9-20(16-18)35(39)40/h1-5,7,9-11,13-16H,6,8,12,17H2,(H,33,36)(H,34,37)/b19-15-. The zero-order valence-corrected chi connectivity index (χ0v) is 21.6.